The molecule has 0 unspecified atom stereocenters. The Bertz CT molecular complexity index is 4020. The van der Waals surface area contributed by atoms with E-state index in [0.29, 0.717) is 30.6 Å². The minimum absolute atomic E-state index is 0. The van der Waals surface area contributed by atoms with Gasteiger partial charge in [0.15, 0.2) is 11.5 Å². The summed E-state index contributed by atoms with van der Waals surface area (Å²) in [5.74, 6) is -5.36. The van der Waals surface area contributed by atoms with Gasteiger partial charge in [-0.3, -0.25) is 27.3 Å². The molecule has 400 valence electrons. The van der Waals surface area contributed by atoms with Gasteiger partial charge >= 0.3 is 0 Å². The van der Waals surface area contributed by atoms with Crippen LogP contribution in [0, 0.1) is 0 Å². The number of aromatic hydroxyl groups is 4. The van der Waals surface area contributed by atoms with Crippen molar-refractivity contribution in [2.24, 2.45) is 20.5 Å². The van der Waals surface area contributed by atoms with Crippen LogP contribution in [-0.4, -0.2) is 113 Å². The fourth-order valence-corrected chi connectivity index (χ4v) is 10.5. The zero-order valence-corrected chi connectivity index (χ0v) is 41.8. The van der Waals surface area contributed by atoms with E-state index in [4.69, 9.17) is 0 Å². The van der Waals surface area contributed by atoms with Gasteiger partial charge in [-0.25, -0.2) is 9.97 Å². The van der Waals surface area contributed by atoms with Crippen molar-refractivity contribution in [3.8, 4) is 23.0 Å². The maximum Gasteiger partial charge on any atom is 0.297 e. The zero-order chi connectivity index (χ0) is 53.3. The summed E-state index contributed by atoms with van der Waals surface area (Å²) in [6.07, 6.45) is 0.714. The molecule has 6 aromatic carbocycles. The van der Waals surface area contributed by atoms with Crippen LogP contribution in [0.5, 0.6) is 23.0 Å². The maximum absolute atomic E-state index is 12.9. The van der Waals surface area contributed by atoms with Crippen molar-refractivity contribution in [2.45, 2.75) is 29.4 Å². The Kier molecular flexibility index (Phi) is 16.2. The van der Waals surface area contributed by atoms with Crippen molar-refractivity contribution in [2.75, 3.05) is 10.6 Å². The monoisotopic (exact) mass is 1240 g/mol. The molecular formula is C35H25Cu2N9O22S6. The van der Waals surface area contributed by atoms with Crippen molar-refractivity contribution >= 4 is 128 Å². The first kappa shape index (κ1) is 58.2. The number of anilines is 4. The molecule has 0 bridgehead atoms. The Balaban J connectivity index is 0.00000507. The number of nitrogens with one attached hydrogen (secondary N) is 2. The van der Waals surface area contributed by atoms with Crippen LogP contribution >= 0.6 is 0 Å². The number of hydrogen-bond donors (Lipinski definition) is 12. The third kappa shape index (κ3) is 12.1. The largest absolute Gasteiger partial charge is 0.506 e. The second kappa shape index (κ2) is 20.6. The molecule has 39 heteroatoms. The maximum atomic E-state index is 12.9. The molecule has 0 amide bonds. The van der Waals surface area contributed by atoms with Crippen LogP contribution in [0.25, 0.3) is 21.5 Å². The average Bonchev–Trinajstić information content (AvgIpc) is 3.24. The first-order chi connectivity index (χ1) is 33.1. The predicted molar refractivity (Wildman–Crippen MR) is 241 cm³/mol. The molecule has 0 saturated heterocycles. The van der Waals surface area contributed by atoms with Crippen LogP contribution in [0.1, 0.15) is 0 Å². The molecule has 1 aromatic heterocycles. The first-order valence-electron chi connectivity index (χ1n) is 18.4. The fraction of sp³-hybridized carbons (Fsp3) is 0. The number of benzene rings is 6. The van der Waals surface area contributed by atoms with Crippen LogP contribution in [0.3, 0.4) is 0 Å². The SMILES string of the molecule is O=S(=O)(O)c1ccc(O)c(N=Nc2c(S(=O)(=O)O)cc3c(S(=O)(=O)O)c(Nc4ncnc(Nc5ccc6c(O)c(N=Nc7cc(S(=O)(=O)O)ccc7O)c(S(=O)(=O)O)cc6c5S(=O)(=O)O)n4)ccc3c2O)c1.[Cu].[Cu]. The van der Waals surface area contributed by atoms with Gasteiger partial charge in [0.25, 0.3) is 60.7 Å². The summed E-state index contributed by atoms with van der Waals surface area (Å²) in [4.78, 5) is 4.69. The number of azo groups is 2. The van der Waals surface area contributed by atoms with Gasteiger partial charge in [-0.05, 0) is 72.8 Å². The van der Waals surface area contributed by atoms with Gasteiger partial charge in [0.05, 0.1) is 21.2 Å². The van der Waals surface area contributed by atoms with Crippen molar-refractivity contribution in [1.82, 2.24) is 15.0 Å². The smallest absolute Gasteiger partial charge is 0.297 e. The Morgan fingerprint density at radius 1 is 0.405 bits per heavy atom. The number of fused-ring (bicyclic) bond motifs is 2. The van der Waals surface area contributed by atoms with Gasteiger partial charge in [-0.2, -0.15) is 55.5 Å². The van der Waals surface area contributed by atoms with Crippen molar-refractivity contribution in [1.29, 1.82) is 0 Å². The standard InChI is InChI=1S/C35H25N9O22S6.2Cu/c45-24-7-1-14(67(49,50)51)9-22(24)41-43-28-26(69(55,56)57)11-18-16(30(28)47)3-5-20(32(18)71(61,62)63)38-34-36-13-37-35(40-34)39-21-6-4-17-19(33(21)72(64,65)66)12-27(70(58,59)60)29(31(17)48)44-42-23-10-15(68(52,53)54)2-8-25(23)46;;/h1-13,45-48H,(H,49,50,51)(H,52,53,54)(H,55,56,57)(H,58,59,60)(H,61,62,63)(H,64,65,66)(H2,36,37,38,39,40);;. The summed E-state index contributed by atoms with van der Waals surface area (Å²) in [7, 11) is -31.9. The minimum atomic E-state index is -5.54. The van der Waals surface area contributed by atoms with Crippen molar-refractivity contribution in [3.63, 3.8) is 0 Å². The molecule has 0 aliphatic rings. The summed E-state index contributed by atoms with van der Waals surface area (Å²) < 4.78 is 208. The van der Waals surface area contributed by atoms with E-state index in [1.54, 1.807) is 0 Å². The van der Waals surface area contributed by atoms with Crippen LogP contribution in [0.15, 0.2) is 129 Å². The molecule has 0 saturated carbocycles. The third-order valence-electron chi connectivity index (χ3n) is 9.51. The van der Waals surface area contributed by atoms with Crippen LogP contribution < -0.4 is 10.6 Å². The second-order valence-corrected chi connectivity index (χ2v) is 22.5. The molecule has 0 fully saturated rings. The number of hydrogen-bond acceptors (Lipinski definition) is 25. The fourth-order valence-electron chi connectivity index (χ4n) is 6.48. The zero-order valence-electron chi connectivity index (χ0n) is 35.1. The van der Waals surface area contributed by atoms with Crippen LogP contribution in [0.4, 0.5) is 46.0 Å². The number of phenols is 4. The molecule has 0 aliphatic heterocycles. The molecule has 31 nitrogen and oxygen atoms in total. The molecule has 12 N–H and O–H groups in total. The van der Waals surface area contributed by atoms with Gasteiger partial charge in [-0.1, -0.05) is 0 Å². The van der Waals surface area contributed by atoms with Gasteiger partial charge in [0, 0.05) is 55.7 Å². The first-order valence-corrected chi connectivity index (χ1v) is 27.0. The van der Waals surface area contributed by atoms with E-state index in [0.717, 1.165) is 48.5 Å². The summed E-state index contributed by atoms with van der Waals surface area (Å²) in [5.41, 5.74) is -5.07. The Morgan fingerprint density at radius 3 is 1.07 bits per heavy atom. The molecule has 0 aliphatic carbocycles. The molecule has 0 spiro atoms. The Morgan fingerprint density at radius 2 is 0.757 bits per heavy atom. The molecule has 0 atom stereocenters. The van der Waals surface area contributed by atoms with E-state index >= 15 is 0 Å². The topological polar surface area (TPSA) is 519 Å². The summed E-state index contributed by atoms with van der Waals surface area (Å²) in [6, 6.07) is 8.53. The number of phenolic OH excluding ortho intramolecular Hbond substituents is 4. The quantitative estimate of drug-likeness (QED) is 0.0395. The average molecular weight is 1240 g/mol. The van der Waals surface area contributed by atoms with Gasteiger partial charge in [0.1, 0.15) is 60.2 Å². The molecule has 7 aromatic rings. The number of aromatic nitrogens is 3. The van der Waals surface area contributed by atoms with Gasteiger partial charge in [-0.15, -0.1) is 20.5 Å². The molecule has 74 heavy (non-hydrogen) atoms. The minimum Gasteiger partial charge on any atom is -0.506 e. The van der Waals surface area contributed by atoms with Crippen molar-refractivity contribution < 1.29 is 132 Å². The molecular weight excluding hydrogens is 1220 g/mol. The number of rotatable bonds is 14. The third-order valence-corrected chi connectivity index (χ3v) is 14.9. The Labute approximate surface area is 435 Å². The summed E-state index contributed by atoms with van der Waals surface area (Å²) in [6.45, 7) is 0. The molecule has 1 heterocycles. The van der Waals surface area contributed by atoms with E-state index in [1.807, 2.05) is 0 Å². The molecule has 2 radical (unpaired) electrons. The van der Waals surface area contributed by atoms with Gasteiger partial charge < -0.3 is 31.1 Å². The Hall–Kier alpha value is -6.65. The van der Waals surface area contributed by atoms with E-state index in [1.165, 1.54) is 0 Å². The van der Waals surface area contributed by atoms with Crippen LogP contribution in [0.2, 0.25) is 0 Å². The van der Waals surface area contributed by atoms with Gasteiger partial charge in [0.2, 0.25) is 11.9 Å². The van der Waals surface area contributed by atoms with E-state index in [-0.39, 0.29) is 34.1 Å². The van der Waals surface area contributed by atoms with Crippen LogP contribution in [-0.2, 0) is 94.8 Å². The normalized spacial score (nSPS) is 12.7. The second-order valence-electron chi connectivity index (χ2n) is 14.2. The van der Waals surface area contributed by atoms with E-state index in [2.05, 4.69) is 46.0 Å². The van der Waals surface area contributed by atoms with Crippen molar-refractivity contribution in [3.05, 3.63) is 79.1 Å². The van der Waals surface area contributed by atoms with E-state index in [9.17, 15) is 98.2 Å². The van der Waals surface area contributed by atoms with E-state index < -0.39 is 181 Å². The number of nitrogens with zero attached hydrogens (tertiary/aromatic N) is 7. The molecule has 7 rings (SSSR count). The predicted octanol–water partition coefficient (Wildman–Crippen LogP) is 4.79. The summed E-state index contributed by atoms with van der Waals surface area (Å²) >= 11 is 0. The summed E-state index contributed by atoms with van der Waals surface area (Å²) in [5, 5.41) is 58.4.